The molecule has 0 bridgehead atoms. The van der Waals surface area contributed by atoms with Gasteiger partial charge in [0, 0.05) is 44.4 Å². The van der Waals surface area contributed by atoms with Crippen molar-refractivity contribution >= 4 is 54.5 Å². The molecule has 0 unspecified atom stereocenters. The number of hydrogen-bond donors (Lipinski definition) is 0. The number of fused-ring (bicyclic) bond motifs is 7. The summed E-state index contributed by atoms with van der Waals surface area (Å²) in [6.45, 7) is 0. The minimum atomic E-state index is 0.937. The molecule has 9 rings (SSSR count). The summed E-state index contributed by atoms with van der Waals surface area (Å²) in [6.07, 6.45) is 1.85. The summed E-state index contributed by atoms with van der Waals surface area (Å²) in [4.78, 5) is 9.78. The van der Waals surface area contributed by atoms with Gasteiger partial charge in [-0.05, 0) is 59.2 Å². The molecule has 43 heavy (non-hydrogen) atoms. The van der Waals surface area contributed by atoms with Gasteiger partial charge in [-0.3, -0.25) is 4.98 Å². The minimum Gasteiger partial charge on any atom is -0.309 e. The van der Waals surface area contributed by atoms with E-state index in [1.54, 1.807) is 0 Å². The van der Waals surface area contributed by atoms with Crippen molar-refractivity contribution in [2.75, 3.05) is 0 Å². The summed E-state index contributed by atoms with van der Waals surface area (Å²) in [5.41, 5.74) is 11.2. The molecular formula is C40H25N3. The van der Waals surface area contributed by atoms with Crippen LogP contribution in [0.25, 0.3) is 82.5 Å². The third kappa shape index (κ3) is 3.68. The van der Waals surface area contributed by atoms with E-state index in [2.05, 4.69) is 144 Å². The van der Waals surface area contributed by atoms with Crippen LogP contribution in [-0.2, 0) is 0 Å². The molecule has 0 fully saturated rings. The number of nitrogens with zero attached hydrogens (tertiary/aromatic N) is 3. The molecule has 0 aliphatic heterocycles. The summed E-state index contributed by atoms with van der Waals surface area (Å²) in [5, 5.41) is 5.88. The van der Waals surface area contributed by atoms with Gasteiger partial charge >= 0.3 is 0 Å². The highest BCUT2D eigenvalue weighted by Crippen LogP contribution is 2.39. The predicted octanol–water partition coefficient (Wildman–Crippen LogP) is 10.4. The summed E-state index contributed by atoms with van der Waals surface area (Å²) in [7, 11) is 0. The number of rotatable bonds is 3. The molecule has 3 heteroatoms. The van der Waals surface area contributed by atoms with Crippen LogP contribution in [0.4, 0.5) is 0 Å². The molecule has 0 saturated carbocycles. The van der Waals surface area contributed by atoms with E-state index in [1.807, 2.05) is 12.3 Å². The van der Waals surface area contributed by atoms with Gasteiger partial charge in [-0.1, -0.05) is 103 Å². The molecule has 3 heterocycles. The van der Waals surface area contributed by atoms with Crippen molar-refractivity contribution in [3.63, 3.8) is 0 Å². The van der Waals surface area contributed by atoms with E-state index in [4.69, 9.17) is 9.97 Å². The van der Waals surface area contributed by atoms with Crippen LogP contribution in [0, 0.1) is 0 Å². The first-order valence-corrected chi connectivity index (χ1v) is 14.6. The Bertz CT molecular complexity index is 2490. The van der Waals surface area contributed by atoms with Crippen LogP contribution in [0.15, 0.2) is 152 Å². The molecule has 0 amide bonds. The normalized spacial score (nSPS) is 11.7. The molecule has 9 aromatic rings. The van der Waals surface area contributed by atoms with Crippen molar-refractivity contribution < 1.29 is 0 Å². The molecule has 0 aliphatic rings. The van der Waals surface area contributed by atoms with Crippen molar-refractivity contribution in [2.45, 2.75) is 0 Å². The fourth-order valence-electron chi connectivity index (χ4n) is 6.64. The molecule has 0 N–H and O–H groups in total. The van der Waals surface area contributed by atoms with E-state index >= 15 is 0 Å². The average Bonchev–Trinajstić information content (AvgIpc) is 3.41. The molecule has 0 saturated heterocycles. The molecule has 0 aliphatic carbocycles. The summed E-state index contributed by atoms with van der Waals surface area (Å²) in [6, 6.07) is 51.9. The Morgan fingerprint density at radius 1 is 0.442 bits per heavy atom. The molecule has 0 atom stereocenters. The van der Waals surface area contributed by atoms with Gasteiger partial charge in [-0.15, -0.1) is 0 Å². The lowest BCUT2D eigenvalue weighted by molar-refractivity contribution is 1.18. The maximum atomic E-state index is 5.07. The van der Waals surface area contributed by atoms with Gasteiger partial charge in [-0.25, -0.2) is 4.98 Å². The Morgan fingerprint density at radius 3 is 2.05 bits per heavy atom. The van der Waals surface area contributed by atoms with Crippen LogP contribution < -0.4 is 0 Å². The fraction of sp³-hybridized carbons (Fsp3) is 0. The number of pyridine rings is 2. The van der Waals surface area contributed by atoms with Crippen LogP contribution >= 0.6 is 0 Å². The molecule has 6 aromatic carbocycles. The third-order valence-corrected chi connectivity index (χ3v) is 8.62. The zero-order chi connectivity index (χ0) is 28.3. The highest BCUT2D eigenvalue weighted by molar-refractivity contribution is 6.16. The van der Waals surface area contributed by atoms with Crippen LogP contribution in [0.2, 0.25) is 0 Å². The number of hydrogen-bond acceptors (Lipinski definition) is 2. The SMILES string of the molecule is c1ccc(-n2c3ccccc3c3cc(-c4ccc(-c5c6ccccc6nc6c5ccc5cccnc56)cc4)ccc32)cc1. The monoisotopic (exact) mass is 547 g/mol. The Kier molecular flexibility index (Phi) is 5.20. The van der Waals surface area contributed by atoms with Crippen LogP contribution in [0.1, 0.15) is 0 Å². The van der Waals surface area contributed by atoms with Crippen molar-refractivity contribution in [1.29, 1.82) is 0 Å². The van der Waals surface area contributed by atoms with Crippen LogP contribution in [0.5, 0.6) is 0 Å². The van der Waals surface area contributed by atoms with Gasteiger partial charge in [-0.2, -0.15) is 0 Å². The third-order valence-electron chi connectivity index (χ3n) is 8.62. The van der Waals surface area contributed by atoms with Crippen LogP contribution in [0.3, 0.4) is 0 Å². The maximum absolute atomic E-state index is 5.07. The Balaban J connectivity index is 1.21. The van der Waals surface area contributed by atoms with E-state index in [9.17, 15) is 0 Å². The van der Waals surface area contributed by atoms with E-state index in [1.165, 1.54) is 49.7 Å². The first-order valence-electron chi connectivity index (χ1n) is 14.6. The summed E-state index contributed by atoms with van der Waals surface area (Å²) >= 11 is 0. The molecule has 3 aromatic heterocycles. The number of benzene rings is 6. The van der Waals surface area contributed by atoms with Gasteiger partial charge in [0.25, 0.3) is 0 Å². The van der Waals surface area contributed by atoms with Gasteiger partial charge in [0.1, 0.15) is 0 Å². The minimum absolute atomic E-state index is 0.937. The van der Waals surface area contributed by atoms with Gasteiger partial charge in [0.05, 0.1) is 27.6 Å². The standard InChI is InChI=1S/C40H25N3/c1-2-10-30(11-3-1)43-36-15-7-5-12-31(36)34-25-29(21-23-37(34)43)26-16-18-27(19-17-26)38-32-13-4-6-14-35(32)42-40-33(38)22-20-28-9-8-24-41-39(28)40/h1-25H. The Morgan fingerprint density at radius 2 is 1.16 bits per heavy atom. The second-order valence-electron chi connectivity index (χ2n) is 11.0. The molecule has 0 radical (unpaired) electrons. The average molecular weight is 548 g/mol. The van der Waals surface area contributed by atoms with E-state index in [0.29, 0.717) is 0 Å². The maximum Gasteiger partial charge on any atom is 0.0978 e. The first kappa shape index (κ1) is 23.9. The number of para-hydroxylation sites is 3. The van der Waals surface area contributed by atoms with Crippen molar-refractivity contribution in [2.24, 2.45) is 0 Å². The van der Waals surface area contributed by atoms with Crippen molar-refractivity contribution in [1.82, 2.24) is 14.5 Å². The zero-order valence-electron chi connectivity index (χ0n) is 23.3. The fourth-order valence-corrected chi connectivity index (χ4v) is 6.64. The van der Waals surface area contributed by atoms with Gasteiger partial charge in [0.15, 0.2) is 0 Å². The summed E-state index contributed by atoms with van der Waals surface area (Å²) in [5.74, 6) is 0. The van der Waals surface area contributed by atoms with E-state index in [0.717, 1.165) is 32.7 Å². The molecule has 200 valence electrons. The predicted molar refractivity (Wildman–Crippen MR) is 180 cm³/mol. The topological polar surface area (TPSA) is 30.7 Å². The second-order valence-corrected chi connectivity index (χ2v) is 11.0. The van der Waals surface area contributed by atoms with E-state index in [-0.39, 0.29) is 0 Å². The van der Waals surface area contributed by atoms with E-state index < -0.39 is 0 Å². The lowest BCUT2D eigenvalue weighted by atomic mass is 9.93. The largest absolute Gasteiger partial charge is 0.309 e. The van der Waals surface area contributed by atoms with Crippen molar-refractivity contribution in [3.8, 4) is 27.9 Å². The lowest BCUT2D eigenvalue weighted by Crippen LogP contribution is -1.93. The lowest BCUT2D eigenvalue weighted by Gasteiger charge is -2.13. The molecular weight excluding hydrogens is 522 g/mol. The van der Waals surface area contributed by atoms with Gasteiger partial charge < -0.3 is 4.57 Å². The highest BCUT2D eigenvalue weighted by Gasteiger charge is 2.15. The zero-order valence-corrected chi connectivity index (χ0v) is 23.3. The molecule has 0 spiro atoms. The second kappa shape index (κ2) is 9.37. The Labute approximate surface area is 248 Å². The first-order chi connectivity index (χ1) is 21.3. The molecule has 3 nitrogen and oxygen atoms in total. The Hall–Kier alpha value is -5.80. The highest BCUT2D eigenvalue weighted by atomic mass is 15.0. The summed E-state index contributed by atoms with van der Waals surface area (Å²) < 4.78 is 2.36. The van der Waals surface area contributed by atoms with Crippen molar-refractivity contribution in [3.05, 3.63) is 152 Å². The quantitative estimate of drug-likeness (QED) is 0.163. The van der Waals surface area contributed by atoms with Gasteiger partial charge in [0.2, 0.25) is 0 Å². The van der Waals surface area contributed by atoms with Crippen LogP contribution in [-0.4, -0.2) is 14.5 Å². The smallest absolute Gasteiger partial charge is 0.0978 e. The number of aromatic nitrogens is 3.